The fourth-order valence-electron chi connectivity index (χ4n) is 1.93. The van der Waals surface area contributed by atoms with Crippen molar-refractivity contribution in [1.82, 2.24) is 0 Å². The molecule has 1 aliphatic rings. The normalized spacial score (nSPS) is 21.8. The van der Waals surface area contributed by atoms with E-state index in [1.165, 1.54) is 0 Å². The first-order valence-corrected chi connectivity index (χ1v) is 6.89. The maximum absolute atomic E-state index is 6.16. The summed E-state index contributed by atoms with van der Waals surface area (Å²) in [5.74, 6) is 0. The SMILES string of the molecule is C/C(=C\c1ccccc1Cl)B1OC(C)(C)C(C)(C)O1. The third-order valence-corrected chi connectivity index (χ3v) is 4.26. The molecule has 0 saturated carbocycles. The highest BCUT2D eigenvalue weighted by Crippen LogP contribution is 2.38. The predicted molar refractivity (Wildman–Crippen MR) is 81.2 cm³/mol. The molecule has 0 spiro atoms. The van der Waals surface area contributed by atoms with Crippen molar-refractivity contribution in [3.8, 4) is 0 Å². The van der Waals surface area contributed by atoms with Crippen LogP contribution in [0.25, 0.3) is 6.08 Å². The summed E-state index contributed by atoms with van der Waals surface area (Å²) in [5, 5.41) is 0.735. The summed E-state index contributed by atoms with van der Waals surface area (Å²) in [5.41, 5.74) is 1.38. The van der Waals surface area contributed by atoms with Crippen LogP contribution < -0.4 is 0 Å². The van der Waals surface area contributed by atoms with Crippen molar-refractivity contribution >= 4 is 24.8 Å². The minimum Gasteiger partial charge on any atom is -0.400 e. The number of rotatable bonds is 2. The Balaban J connectivity index is 2.23. The molecule has 19 heavy (non-hydrogen) atoms. The summed E-state index contributed by atoms with van der Waals surface area (Å²) in [6.45, 7) is 10.2. The molecule has 0 bridgehead atoms. The molecule has 2 rings (SSSR count). The van der Waals surface area contributed by atoms with Crippen molar-refractivity contribution in [2.45, 2.75) is 45.8 Å². The Morgan fingerprint density at radius 2 is 1.63 bits per heavy atom. The minimum absolute atomic E-state index is 0.312. The van der Waals surface area contributed by atoms with Gasteiger partial charge in [-0.1, -0.05) is 35.9 Å². The van der Waals surface area contributed by atoms with Gasteiger partial charge in [0.2, 0.25) is 0 Å². The molecule has 0 amide bonds. The van der Waals surface area contributed by atoms with E-state index in [4.69, 9.17) is 20.9 Å². The lowest BCUT2D eigenvalue weighted by molar-refractivity contribution is 0.00578. The minimum atomic E-state index is -0.318. The summed E-state index contributed by atoms with van der Waals surface area (Å²) in [4.78, 5) is 0. The van der Waals surface area contributed by atoms with Gasteiger partial charge in [-0.15, -0.1) is 0 Å². The smallest absolute Gasteiger partial charge is 0.400 e. The third-order valence-electron chi connectivity index (χ3n) is 3.91. The highest BCUT2D eigenvalue weighted by atomic mass is 35.5. The van der Waals surface area contributed by atoms with Crippen LogP contribution in [0.4, 0.5) is 0 Å². The first-order valence-electron chi connectivity index (χ1n) is 6.51. The predicted octanol–water partition coefficient (Wildman–Crippen LogP) is 4.37. The Kier molecular flexibility index (Phi) is 3.83. The van der Waals surface area contributed by atoms with Gasteiger partial charge in [0.25, 0.3) is 0 Å². The van der Waals surface area contributed by atoms with Crippen molar-refractivity contribution in [2.75, 3.05) is 0 Å². The average Bonchev–Trinajstić information content (AvgIpc) is 2.51. The van der Waals surface area contributed by atoms with Crippen LogP contribution in [0.5, 0.6) is 0 Å². The van der Waals surface area contributed by atoms with Crippen LogP contribution in [0.1, 0.15) is 40.2 Å². The molecule has 0 aliphatic carbocycles. The Hall–Kier alpha value is -0.765. The third kappa shape index (κ3) is 2.89. The number of allylic oxidation sites excluding steroid dienone is 1. The van der Waals surface area contributed by atoms with E-state index < -0.39 is 0 Å². The molecule has 1 fully saturated rings. The molecule has 0 N–H and O–H groups in total. The molecule has 1 heterocycles. The molecule has 0 radical (unpaired) electrons. The molecule has 4 heteroatoms. The van der Waals surface area contributed by atoms with E-state index in [1.54, 1.807) is 0 Å². The van der Waals surface area contributed by atoms with Gasteiger partial charge in [-0.05, 0) is 51.7 Å². The van der Waals surface area contributed by atoms with E-state index in [-0.39, 0.29) is 18.3 Å². The summed E-state index contributed by atoms with van der Waals surface area (Å²) in [6.07, 6.45) is 2.02. The molecule has 0 unspecified atom stereocenters. The number of halogens is 1. The van der Waals surface area contributed by atoms with Crippen LogP contribution in [-0.2, 0) is 9.31 Å². The van der Waals surface area contributed by atoms with Gasteiger partial charge in [0.05, 0.1) is 11.2 Å². The van der Waals surface area contributed by atoms with Crippen LogP contribution in [-0.4, -0.2) is 18.3 Å². The molecular formula is C15H20BClO2. The standard InChI is InChI=1S/C15H20BClO2/c1-11(10-12-8-6-7-9-13(12)17)16-18-14(2,3)15(4,5)19-16/h6-10H,1-5H3/b11-10+. The zero-order chi connectivity index (χ0) is 14.3. The number of benzene rings is 1. The van der Waals surface area contributed by atoms with Gasteiger partial charge in [0.1, 0.15) is 0 Å². The highest BCUT2D eigenvalue weighted by molar-refractivity contribution is 6.55. The van der Waals surface area contributed by atoms with Crippen LogP contribution >= 0.6 is 11.6 Å². The molecule has 102 valence electrons. The summed E-state index contributed by atoms with van der Waals surface area (Å²) in [6, 6.07) is 7.75. The molecule has 1 aliphatic heterocycles. The zero-order valence-corrected chi connectivity index (χ0v) is 12.9. The number of hydrogen-bond donors (Lipinski definition) is 0. The van der Waals surface area contributed by atoms with Crippen molar-refractivity contribution in [3.05, 3.63) is 40.3 Å². The molecular weight excluding hydrogens is 258 g/mol. The van der Waals surface area contributed by atoms with Crippen molar-refractivity contribution in [1.29, 1.82) is 0 Å². The maximum Gasteiger partial charge on any atom is 0.490 e. The lowest BCUT2D eigenvalue weighted by Gasteiger charge is -2.32. The average molecular weight is 279 g/mol. The maximum atomic E-state index is 6.16. The molecule has 1 saturated heterocycles. The van der Waals surface area contributed by atoms with Gasteiger partial charge in [0.15, 0.2) is 0 Å². The second-order valence-corrected chi connectivity index (χ2v) is 6.41. The van der Waals surface area contributed by atoms with Gasteiger partial charge >= 0.3 is 7.12 Å². The van der Waals surface area contributed by atoms with E-state index in [9.17, 15) is 0 Å². The largest absolute Gasteiger partial charge is 0.490 e. The Labute approximate surface area is 120 Å². The first kappa shape index (κ1) is 14.6. The van der Waals surface area contributed by atoms with Gasteiger partial charge < -0.3 is 9.31 Å². The lowest BCUT2D eigenvalue weighted by atomic mass is 9.78. The van der Waals surface area contributed by atoms with E-state index >= 15 is 0 Å². The van der Waals surface area contributed by atoms with Crippen molar-refractivity contribution in [2.24, 2.45) is 0 Å². The van der Waals surface area contributed by atoms with E-state index in [2.05, 4.69) is 27.7 Å². The lowest BCUT2D eigenvalue weighted by Crippen LogP contribution is -2.41. The Morgan fingerprint density at radius 1 is 1.11 bits per heavy atom. The van der Waals surface area contributed by atoms with Crippen LogP contribution in [0.3, 0.4) is 0 Å². The fourth-order valence-corrected chi connectivity index (χ4v) is 2.12. The van der Waals surface area contributed by atoms with Crippen LogP contribution in [0.2, 0.25) is 5.02 Å². The summed E-state index contributed by atoms with van der Waals surface area (Å²) >= 11 is 6.16. The van der Waals surface area contributed by atoms with Gasteiger partial charge in [-0.2, -0.15) is 0 Å². The molecule has 1 aromatic rings. The highest BCUT2D eigenvalue weighted by Gasteiger charge is 2.51. The monoisotopic (exact) mass is 278 g/mol. The molecule has 0 aromatic heterocycles. The Bertz CT molecular complexity index is 493. The van der Waals surface area contributed by atoms with Gasteiger partial charge in [0, 0.05) is 5.02 Å². The summed E-state index contributed by atoms with van der Waals surface area (Å²) < 4.78 is 12.0. The number of hydrogen-bond acceptors (Lipinski definition) is 2. The topological polar surface area (TPSA) is 18.5 Å². The van der Waals surface area contributed by atoms with Gasteiger partial charge in [-0.3, -0.25) is 0 Å². The molecule has 1 aromatic carbocycles. The van der Waals surface area contributed by atoms with Crippen molar-refractivity contribution in [3.63, 3.8) is 0 Å². The fraction of sp³-hybridized carbons (Fsp3) is 0.467. The molecule has 2 nitrogen and oxygen atoms in total. The second kappa shape index (κ2) is 4.97. The molecule has 0 atom stereocenters. The Morgan fingerprint density at radius 3 is 2.16 bits per heavy atom. The van der Waals surface area contributed by atoms with Crippen LogP contribution in [0.15, 0.2) is 29.7 Å². The van der Waals surface area contributed by atoms with E-state index in [0.717, 1.165) is 16.1 Å². The van der Waals surface area contributed by atoms with Crippen molar-refractivity contribution < 1.29 is 9.31 Å². The summed E-state index contributed by atoms with van der Waals surface area (Å²) in [7, 11) is -0.318. The quantitative estimate of drug-likeness (QED) is 0.748. The second-order valence-electron chi connectivity index (χ2n) is 6.00. The first-order chi connectivity index (χ1) is 8.73. The van der Waals surface area contributed by atoms with Gasteiger partial charge in [-0.25, -0.2) is 0 Å². The van der Waals surface area contributed by atoms with E-state index in [1.807, 2.05) is 37.3 Å². The van der Waals surface area contributed by atoms with E-state index in [0.29, 0.717) is 0 Å². The van der Waals surface area contributed by atoms with Crippen LogP contribution in [0, 0.1) is 0 Å². The zero-order valence-electron chi connectivity index (χ0n) is 12.2.